The van der Waals surface area contributed by atoms with Crippen LogP contribution in [0.4, 0.5) is 0 Å². The molecule has 0 aliphatic rings. The molecule has 0 aliphatic carbocycles. The molecule has 5 heteroatoms. The molecule has 0 atom stereocenters. The highest BCUT2D eigenvalue weighted by molar-refractivity contribution is 5.91. The van der Waals surface area contributed by atoms with Crippen molar-refractivity contribution in [2.24, 2.45) is 0 Å². The Bertz CT molecular complexity index is 1230. The summed E-state index contributed by atoms with van der Waals surface area (Å²) in [4.78, 5) is 17.0. The fourth-order valence-electron chi connectivity index (χ4n) is 3.79. The molecular formula is C28H29N3O2. The average Bonchev–Trinajstić information content (AvgIpc) is 3.21. The molecule has 1 N–H and O–H groups in total. The van der Waals surface area contributed by atoms with E-state index in [1.165, 1.54) is 0 Å². The van der Waals surface area contributed by atoms with Gasteiger partial charge in [0.25, 0.3) is 0 Å². The van der Waals surface area contributed by atoms with Gasteiger partial charge in [-0.25, -0.2) is 4.98 Å². The summed E-state index contributed by atoms with van der Waals surface area (Å²) in [6.45, 7) is 5.36. The van der Waals surface area contributed by atoms with Gasteiger partial charge < -0.3 is 14.6 Å². The Labute approximate surface area is 194 Å². The number of hydrogen-bond acceptors (Lipinski definition) is 3. The lowest BCUT2D eigenvalue weighted by Crippen LogP contribution is -2.24. The van der Waals surface area contributed by atoms with E-state index in [0.29, 0.717) is 25.6 Å². The summed E-state index contributed by atoms with van der Waals surface area (Å²) in [5, 5.41) is 2.96. The fraction of sp³-hybridized carbons (Fsp3) is 0.214. The maximum Gasteiger partial charge on any atom is 0.244 e. The number of nitrogens with one attached hydrogen (secondary N) is 1. The monoisotopic (exact) mass is 439 g/mol. The second-order valence-corrected chi connectivity index (χ2v) is 8.20. The van der Waals surface area contributed by atoms with Crippen LogP contribution in [0.2, 0.25) is 0 Å². The molecule has 0 saturated carbocycles. The van der Waals surface area contributed by atoms with Crippen molar-refractivity contribution in [3.8, 4) is 5.75 Å². The van der Waals surface area contributed by atoms with Crippen LogP contribution in [0.3, 0.4) is 0 Å². The summed E-state index contributed by atoms with van der Waals surface area (Å²) in [6, 6.07) is 26.2. The first-order valence-electron chi connectivity index (χ1n) is 11.3. The number of carbonyl (C=O) groups is 1. The molecule has 3 aromatic carbocycles. The highest BCUT2D eigenvalue weighted by Gasteiger charge is 2.12. The van der Waals surface area contributed by atoms with Crippen molar-refractivity contribution in [3.05, 3.63) is 102 Å². The molecule has 0 bridgehead atoms. The highest BCUT2D eigenvalue weighted by atomic mass is 16.5. The number of para-hydroxylation sites is 2. The Kier molecular flexibility index (Phi) is 7.20. The van der Waals surface area contributed by atoms with Crippen LogP contribution in [0.1, 0.15) is 36.8 Å². The standard InChI is InChI=1S/C28H29N3O2/c1-21(2)31-26-11-7-6-10-25(26)30-27(31)18-19-29-28(32)17-14-22-12-15-24(16-13-22)33-20-23-8-4-3-5-9-23/h3-17,21H,18-20H2,1-2H3,(H,29,32)/b17-14+. The highest BCUT2D eigenvalue weighted by Crippen LogP contribution is 2.21. The predicted molar refractivity (Wildman–Crippen MR) is 133 cm³/mol. The first-order valence-corrected chi connectivity index (χ1v) is 11.3. The molecular weight excluding hydrogens is 410 g/mol. The van der Waals surface area contributed by atoms with Crippen LogP contribution in [-0.4, -0.2) is 22.0 Å². The third kappa shape index (κ3) is 5.89. The van der Waals surface area contributed by atoms with Gasteiger partial charge in [-0.15, -0.1) is 0 Å². The molecule has 1 amide bonds. The number of imidazole rings is 1. The van der Waals surface area contributed by atoms with E-state index < -0.39 is 0 Å². The smallest absolute Gasteiger partial charge is 0.244 e. The van der Waals surface area contributed by atoms with Crippen molar-refractivity contribution in [2.75, 3.05) is 6.54 Å². The molecule has 0 unspecified atom stereocenters. The Hall–Kier alpha value is -3.86. The van der Waals surface area contributed by atoms with Gasteiger partial charge in [-0.05, 0) is 55.3 Å². The van der Waals surface area contributed by atoms with Crippen LogP contribution in [-0.2, 0) is 17.8 Å². The summed E-state index contributed by atoms with van der Waals surface area (Å²) in [6.07, 6.45) is 4.05. The third-order valence-corrected chi connectivity index (χ3v) is 5.39. The van der Waals surface area contributed by atoms with Crippen LogP contribution in [0, 0.1) is 0 Å². The van der Waals surface area contributed by atoms with Crippen molar-refractivity contribution >= 4 is 23.0 Å². The van der Waals surface area contributed by atoms with E-state index in [1.54, 1.807) is 12.2 Å². The topological polar surface area (TPSA) is 56.2 Å². The van der Waals surface area contributed by atoms with Crippen LogP contribution in [0.25, 0.3) is 17.1 Å². The van der Waals surface area contributed by atoms with Gasteiger partial charge in [0, 0.05) is 25.1 Å². The predicted octanol–water partition coefficient (Wildman–Crippen LogP) is 5.57. The molecule has 4 rings (SSSR count). The van der Waals surface area contributed by atoms with Crippen LogP contribution < -0.4 is 10.1 Å². The number of amides is 1. The lowest BCUT2D eigenvalue weighted by Gasteiger charge is -2.13. The van der Waals surface area contributed by atoms with E-state index in [2.05, 4.69) is 29.8 Å². The largest absolute Gasteiger partial charge is 0.489 e. The van der Waals surface area contributed by atoms with Gasteiger partial charge in [0.1, 0.15) is 18.2 Å². The number of aromatic nitrogens is 2. The zero-order valence-corrected chi connectivity index (χ0v) is 19.1. The lowest BCUT2D eigenvalue weighted by atomic mass is 10.2. The number of carbonyl (C=O) groups excluding carboxylic acids is 1. The first kappa shape index (κ1) is 22.3. The maximum atomic E-state index is 12.3. The van der Waals surface area contributed by atoms with E-state index >= 15 is 0 Å². The molecule has 4 aromatic rings. The Morgan fingerprint density at radius 2 is 1.73 bits per heavy atom. The van der Waals surface area contributed by atoms with E-state index in [-0.39, 0.29) is 5.91 Å². The van der Waals surface area contributed by atoms with Gasteiger partial charge in [0.05, 0.1) is 11.0 Å². The molecule has 0 radical (unpaired) electrons. The summed E-state index contributed by atoms with van der Waals surface area (Å²) in [5.74, 6) is 1.67. The molecule has 33 heavy (non-hydrogen) atoms. The van der Waals surface area contributed by atoms with Crippen molar-refractivity contribution in [1.82, 2.24) is 14.9 Å². The minimum absolute atomic E-state index is 0.119. The Morgan fingerprint density at radius 1 is 1.00 bits per heavy atom. The number of fused-ring (bicyclic) bond motifs is 1. The normalized spacial score (nSPS) is 11.4. The minimum Gasteiger partial charge on any atom is -0.489 e. The van der Waals surface area contributed by atoms with E-state index in [4.69, 9.17) is 9.72 Å². The van der Waals surface area contributed by atoms with Crippen molar-refractivity contribution < 1.29 is 9.53 Å². The molecule has 5 nitrogen and oxygen atoms in total. The SMILES string of the molecule is CC(C)n1c(CCNC(=O)/C=C/c2ccc(OCc3ccccc3)cc2)nc2ccccc21. The summed E-state index contributed by atoms with van der Waals surface area (Å²) in [5.41, 5.74) is 4.19. The second kappa shape index (κ2) is 10.6. The van der Waals surface area contributed by atoms with Crippen molar-refractivity contribution in [1.29, 1.82) is 0 Å². The van der Waals surface area contributed by atoms with Gasteiger partial charge >= 0.3 is 0 Å². The summed E-state index contributed by atoms with van der Waals surface area (Å²) < 4.78 is 8.04. The number of benzene rings is 3. The molecule has 0 fully saturated rings. The van der Waals surface area contributed by atoms with Gasteiger partial charge in [-0.3, -0.25) is 4.79 Å². The zero-order valence-electron chi connectivity index (χ0n) is 19.1. The number of nitrogens with zero attached hydrogens (tertiary/aromatic N) is 2. The van der Waals surface area contributed by atoms with Crippen molar-refractivity contribution in [3.63, 3.8) is 0 Å². The molecule has 0 saturated heterocycles. The van der Waals surface area contributed by atoms with Crippen LogP contribution in [0.5, 0.6) is 5.75 Å². The zero-order chi connectivity index (χ0) is 23.0. The molecule has 0 aliphatic heterocycles. The van der Waals surface area contributed by atoms with Crippen LogP contribution in [0.15, 0.2) is 84.9 Å². The van der Waals surface area contributed by atoms with E-state index in [9.17, 15) is 4.79 Å². The summed E-state index contributed by atoms with van der Waals surface area (Å²) >= 11 is 0. The summed E-state index contributed by atoms with van der Waals surface area (Å²) in [7, 11) is 0. The van der Waals surface area contributed by atoms with E-state index in [1.807, 2.05) is 72.8 Å². The van der Waals surface area contributed by atoms with Gasteiger partial charge in [0.15, 0.2) is 0 Å². The number of ether oxygens (including phenoxy) is 1. The Balaban J connectivity index is 1.27. The third-order valence-electron chi connectivity index (χ3n) is 5.39. The second-order valence-electron chi connectivity index (χ2n) is 8.20. The quantitative estimate of drug-likeness (QED) is 0.347. The minimum atomic E-state index is -0.119. The van der Waals surface area contributed by atoms with Gasteiger partial charge in [0.2, 0.25) is 5.91 Å². The first-order chi connectivity index (χ1) is 16.1. The molecule has 1 aromatic heterocycles. The average molecular weight is 440 g/mol. The number of rotatable bonds is 9. The molecule has 0 spiro atoms. The molecule has 168 valence electrons. The Morgan fingerprint density at radius 3 is 2.48 bits per heavy atom. The molecule has 1 heterocycles. The number of hydrogen-bond donors (Lipinski definition) is 1. The van der Waals surface area contributed by atoms with Crippen molar-refractivity contribution in [2.45, 2.75) is 32.9 Å². The maximum absolute atomic E-state index is 12.3. The van der Waals surface area contributed by atoms with Gasteiger partial charge in [-0.1, -0.05) is 54.6 Å². The van der Waals surface area contributed by atoms with Crippen LogP contribution >= 0.6 is 0 Å². The fourth-order valence-corrected chi connectivity index (χ4v) is 3.79. The lowest BCUT2D eigenvalue weighted by molar-refractivity contribution is -0.116. The van der Waals surface area contributed by atoms with E-state index in [0.717, 1.165) is 33.7 Å². The van der Waals surface area contributed by atoms with Gasteiger partial charge in [-0.2, -0.15) is 0 Å².